The fraction of sp³-hybridized carbons (Fsp3) is 0.444. The Bertz CT molecular complexity index is 880. The van der Waals surface area contributed by atoms with Crippen LogP contribution in [0.1, 0.15) is 60.3 Å². The second kappa shape index (κ2) is 7.78. The normalized spacial score (nSPS) is 14.5. The van der Waals surface area contributed by atoms with E-state index in [4.69, 9.17) is 27.3 Å². The zero-order valence-electron chi connectivity index (χ0n) is 15.5. The van der Waals surface area contributed by atoms with Crippen LogP contribution in [0.3, 0.4) is 0 Å². The SMILES string of the molecule is [B]C([B])(Cl)c1ccc(NC(=O)c2cn(C(C)C)nc2C2CC2)cc1OC(F)F. The Morgan fingerprint density at radius 1 is 1.39 bits per heavy atom. The van der Waals surface area contributed by atoms with E-state index >= 15 is 0 Å². The van der Waals surface area contributed by atoms with Crippen molar-refractivity contribution in [2.75, 3.05) is 5.32 Å². The number of ether oxygens (including phenoxy) is 1. The van der Waals surface area contributed by atoms with Crippen molar-refractivity contribution in [1.29, 1.82) is 0 Å². The molecule has 0 aliphatic heterocycles. The molecule has 1 aromatic carbocycles. The summed E-state index contributed by atoms with van der Waals surface area (Å²) in [6.45, 7) is 0.834. The van der Waals surface area contributed by atoms with Crippen molar-refractivity contribution in [1.82, 2.24) is 9.78 Å². The molecule has 1 aliphatic rings. The van der Waals surface area contributed by atoms with E-state index in [1.54, 1.807) is 10.9 Å². The standard InChI is InChI=1S/C18H18B2ClF2N3O2/c1-9(2)26-8-12(15(25-26)10-3-4-10)16(27)24-11-5-6-13(18(19,20)21)14(7-11)28-17(22)23/h5-10,17H,3-4H2,1-2H3,(H,24,27). The van der Waals surface area contributed by atoms with Crippen LogP contribution in [0.5, 0.6) is 5.75 Å². The Balaban J connectivity index is 1.88. The number of aromatic nitrogens is 2. The molecule has 3 rings (SSSR count). The highest BCUT2D eigenvalue weighted by molar-refractivity contribution is 6.61. The summed E-state index contributed by atoms with van der Waals surface area (Å²) in [6.07, 6.45) is 3.67. The van der Waals surface area contributed by atoms with Gasteiger partial charge in [-0.25, -0.2) is 0 Å². The van der Waals surface area contributed by atoms with E-state index in [1.807, 2.05) is 13.8 Å². The first-order chi connectivity index (χ1) is 13.1. The van der Waals surface area contributed by atoms with Gasteiger partial charge in [0, 0.05) is 29.9 Å². The average molecular weight is 403 g/mol. The summed E-state index contributed by atoms with van der Waals surface area (Å²) in [5.41, 5.74) is 1.42. The molecule has 1 amide bonds. The van der Waals surface area contributed by atoms with Crippen LogP contribution in [-0.4, -0.2) is 38.0 Å². The number of anilines is 1. The molecule has 1 aromatic heterocycles. The summed E-state index contributed by atoms with van der Waals surface area (Å²) in [5.74, 6) is -0.428. The number of halogens is 3. The molecule has 4 radical (unpaired) electrons. The minimum Gasteiger partial charge on any atom is -0.434 e. The molecule has 1 N–H and O–H groups in total. The third-order valence-electron chi connectivity index (χ3n) is 4.37. The van der Waals surface area contributed by atoms with Gasteiger partial charge < -0.3 is 10.1 Å². The van der Waals surface area contributed by atoms with Crippen molar-refractivity contribution >= 4 is 38.9 Å². The summed E-state index contributed by atoms with van der Waals surface area (Å²) in [4.78, 5) is 12.8. The van der Waals surface area contributed by atoms with Crippen LogP contribution < -0.4 is 10.1 Å². The molecule has 144 valence electrons. The van der Waals surface area contributed by atoms with Crippen LogP contribution in [0.2, 0.25) is 0 Å². The Hall–Kier alpha value is -2.02. The van der Waals surface area contributed by atoms with Crippen molar-refractivity contribution in [3.8, 4) is 5.75 Å². The Morgan fingerprint density at radius 2 is 2.07 bits per heavy atom. The number of alkyl halides is 3. The van der Waals surface area contributed by atoms with Gasteiger partial charge in [-0.15, -0.1) is 11.6 Å². The molecule has 1 aliphatic carbocycles. The van der Waals surface area contributed by atoms with E-state index in [2.05, 4.69) is 15.2 Å². The minimum absolute atomic E-state index is 0.0289. The van der Waals surface area contributed by atoms with Gasteiger partial charge >= 0.3 is 6.61 Å². The quantitative estimate of drug-likeness (QED) is 0.564. The molecule has 0 saturated heterocycles. The number of carbonyl (C=O) groups excluding carboxylic acids is 1. The second-order valence-electron chi connectivity index (χ2n) is 7.09. The van der Waals surface area contributed by atoms with Crippen molar-refractivity contribution in [2.45, 2.75) is 49.9 Å². The van der Waals surface area contributed by atoms with Gasteiger partial charge in [0.1, 0.15) is 5.75 Å². The summed E-state index contributed by atoms with van der Waals surface area (Å²) in [7, 11) is 11.2. The largest absolute Gasteiger partial charge is 0.434 e. The predicted octanol–water partition coefficient (Wildman–Crippen LogP) is 3.88. The summed E-state index contributed by atoms with van der Waals surface area (Å²) < 4.78 is 29.8. The van der Waals surface area contributed by atoms with Crippen LogP contribution in [0.4, 0.5) is 14.5 Å². The number of benzene rings is 1. The smallest absolute Gasteiger partial charge is 0.387 e. The Kier molecular flexibility index (Phi) is 5.75. The van der Waals surface area contributed by atoms with Crippen LogP contribution in [0.15, 0.2) is 24.4 Å². The highest BCUT2D eigenvalue weighted by atomic mass is 35.5. The number of rotatable bonds is 7. The maximum absolute atomic E-state index is 12.8. The van der Waals surface area contributed by atoms with Crippen molar-refractivity contribution in [2.24, 2.45) is 0 Å². The van der Waals surface area contributed by atoms with Crippen LogP contribution in [0.25, 0.3) is 0 Å². The molecule has 0 unspecified atom stereocenters. The lowest BCUT2D eigenvalue weighted by Crippen LogP contribution is -2.21. The molecule has 1 heterocycles. The van der Waals surface area contributed by atoms with Gasteiger partial charge in [-0.1, -0.05) is 6.07 Å². The summed E-state index contributed by atoms with van der Waals surface area (Å²) in [5, 5.41) is 7.20. The molecule has 0 atom stereocenters. The average Bonchev–Trinajstić information content (AvgIpc) is 3.31. The number of carbonyl (C=O) groups is 1. The van der Waals surface area contributed by atoms with E-state index in [0.29, 0.717) is 5.56 Å². The van der Waals surface area contributed by atoms with Crippen molar-refractivity contribution < 1.29 is 18.3 Å². The first-order valence-electron chi connectivity index (χ1n) is 8.82. The maximum Gasteiger partial charge on any atom is 0.387 e. The number of hydrogen-bond acceptors (Lipinski definition) is 3. The van der Waals surface area contributed by atoms with Crippen molar-refractivity contribution in [3.63, 3.8) is 0 Å². The second-order valence-corrected chi connectivity index (χ2v) is 7.71. The lowest BCUT2D eigenvalue weighted by molar-refractivity contribution is -0.0503. The van der Waals surface area contributed by atoms with Gasteiger partial charge in [0.05, 0.1) is 26.9 Å². The lowest BCUT2D eigenvalue weighted by atomic mass is 9.65. The number of nitrogens with zero attached hydrogens (tertiary/aromatic N) is 2. The third kappa shape index (κ3) is 4.69. The van der Waals surface area contributed by atoms with Crippen LogP contribution >= 0.6 is 11.6 Å². The fourth-order valence-corrected chi connectivity index (χ4v) is 2.97. The van der Waals surface area contributed by atoms with E-state index in [0.717, 1.165) is 18.5 Å². The summed E-state index contributed by atoms with van der Waals surface area (Å²) in [6, 6.07) is 4.11. The third-order valence-corrected chi connectivity index (χ3v) is 4.57. The maximum atomic E-state index is 12.8. The van der Waals surface area contributed by atoms with E-state index in [9.17, 15) is 13.6 Å². The molecular formula is C18H18B2ClF2N3O2. The molecule has 2 aromatic rings. The van der Waals surface area contributed by atoms with Gasteiger partial charge in [0.25, 0.3) is 5.91 Å². The fourth-order valence-electron chi connectivity index (χ4n) is 2.81. The molecule has 1 fully saturated rings. The monoisotopic (exact) mass is 403 g/mol. The molecular weight excluding hydrogens is 385 g/mol. The number of nitrogens with one attached hydrogen (secondary N) is 1. The number of hydrogen-bond donors (Lipinski definition) is 1. The van der Waals surface area contributed by atoms with Crippen molar-refractivity contribution in [3.05, 3.63) is 41.2 Å². The highest BCUT2D eigenvalue weighted by Gasteiger charge is 2.32. The molecule has 1 saturated carbocycles. The Labute approximate surface area is 169 Å². The van der Waals surface area contributed by atoms with E-state index < -0.39 is 11.3 Å². The van der Waals surface area contributed by atoms with Gasteiger partial charge in [-0.3, -0.25) is 9.48 Å². The van der Waals surface area contributed by atoms with Gasteiger partial charge in [-0.2, -0.15) is 13.9 Å². The lowest BCUT2D eigenvalue weighted by Gasteiger charge is -2.22. The molecule has 5 nitrogen and oxygen atoms in total. The topological polar surface area (TPSA) is 56.2 Å². The molecule has 10 heteroatoms. The first kappa shape index (κ1) is 20.7. The van der Waals surface area contributed by atoms with E-state index in [-0.39, 0.29) is 34.9 Å². The van der Waals surface area contributed by atoms with Gasteiger partial charge in [0.2, 0.25) is 0 Å². The van der Waals surface area contributed by atoms with Crippen LogP contribution in [0, 0.1) is 0 Å². The highest BCUT2D eigenvalue weighted by Crippen LogP contribution is 2.41. The summed E-state index contributed by atoms with van der Waals surface area (Å²) >= 11 is 5.83. The first-order valence-corrected chi connectivity index (χ1v) is 9.20. The van der Waals surface area contributed by atoms with Gasteiger partial charge in [0.15, 0.2) is 0 Å². The molecule has 0 bridgehead atoms. The minimum atomic E-state index is -3.10. The van der Waals surface area contributed by atoms with Gasteiger partial charge in [-0.05, 0) is 43.0 Å². The zero-order valence-corrected chi connectivity index (χ0v) is 16.2. The molecule has 28 heavy (non-hydrogen) atoms. The number of amides is 1. The molecule has 0 spiro atoms. The van der Waals surface area contributed by atoms with Crippen LogP contribution in [-0.2, 0) is 4.67 Å². The van der Waals surface area contributed by atoms with E-state index in [1.165, 1.54) is 18.2 Å². The zero-order chi connectivity index (χ0) is 20.6. The predicted molar refractivity (Wildman–Crippen MR) is 105 cm³/mol. The Morgan fingerprint density at radius 3 is 2.61 bits per heavy atom.